The summed E-state index contributed by atoms with van der Waals surface area (Å²) < 4.78 is 11.7. The Morgan fingerprint density at radius 3 is 1.94 bits per heavy atom. The van der Waals surface area contributed by atoms with Gasteiger partial charge in [0.25, 0.3) is 0 Å². The van der Waals surface area contributed by atoms with Crippen LogP contribution in [-0.4, -0.2) is 42.1 Å². The first-order valence-electron chi connectivity index (χ1n) is 17.8. The lowest BCUT2D eigenvalue weighted by atomic mass is 9.94. The first-order valence-corrected chi connectivity index (χ1v) is 17.8. The molecule has 0 heterocycles. The average Bonchev–Trinajstić information content (AvgIpc) is 3.18. The molecule has 0 saturated carbocycles. The molecule has 3 N–H and O–H groups in total. The SMILES string of the molecule is C=CCC[C@H](Cc1ccccc1)C(=O)OC[C@@H](NC(=O)[C@@H](CC=C)CC(=O)N[C@H](CO)Cc1ccc(OCc2ccccc2)cc1)c1ccccc1. The molecule has 0 aliphatic heterocycles. The maximum absolute atomic E-state index is 13.7. The van der Waals surface area contributed by atoms with Crippen LogP contribution in [0, 0.1) is 11.8 Å². The number of carbonyl (C=O) groups is 3. The second kappa shape index (κ2) is 21.7. The highest BCUT2D eigenvalue weighted by atomic mass is 16.5. The number of ether oxygens (including phenoxy) is 2. The van der Waals surface area contributed by atoms with Gasteiger partial charge in [0.2, 0.25) is 11.8 Å². The van der Waals surface area contributed by atoms with Crippen LogP contribution in [0.25, 0.3) is 0 Å². The van der Waals surface area contributed by atoms with Crippen LogP contribution >= 0.6 is 0 Å². The molecule has 0 radical (unpaired) electrons. The lowest BCUT2D eigenvalue weighted by Crippen LogP contribution is -2.42. The quantitative estimate of drug-likeness (QED) is 0.0596. The van der Waals surface area contributed by atoms with E-state index in [4.69, 9.17) is 9.47 Å². The van der Waals surface area contributed by atoms with Gasteiger partial charge in [-0.2, -0.15) is 0 Å². The van der Waals surface area contributed by atoms with Gasteiger partial charge in [0.15, 0.2) is 0 Å². The van der Waals surface area contributed by atoms with Crippen LogP contribution in [0.15, 0.2) is 141 Å². The first-order chi connectivity index (χ1) is 25.4. The Balaban J connectivity index is 1.34. The summed E-state index contributed by atoms with van der Waals surface area (Å²) >= 11 is 0. The minimum absolute atomic E-state index is 0.0658. The second-order valence-electron chi connectivity index (χ2n) is 12.8. The number of allylic oxidation sites excluding steroid dienone is 2. The van der Waals surface area contributed by atoms with Crippen molar-refractivity contribution >= 4 is 17.8 Å². The molecule has 2 amide bonds. The molecule has 4 aromatic carbocycles. The molecule has 4 atom stereocenters. The van der Waals surface area contributed by atoms with Gasteiger partial charge in [0.1, 0.15) is 19.0 Å². The van der Waals surface area contributed by atoms with E-state index in [1.165, 1.54) is 0 Å². The molecule has 0 unspecified atom stereocenters. The molecule has 8 heteroatoms. The van der Waals surface area contributed by atoms with E-state index in [0.29, 0.717) is 32.3 Å². The third-order valence-corrected chi connectivity index (χ3v) is 8.78. The summed E-state index contributed by atoms with van der Waals surface area (Å²) in [7, 11) is 0. The largest absolute Gasteiger partial charge is 0.489 e. The Bertz CT molecular complexity index is 1680. The number of esters is 1. The van der Waals surface area contributed by atoms with Gasteiger partial charge in [0, 0.05) is 6.42 Å². The summed E-state index contributed by atoms with van der Waals surface area (Å²) in [5, 5.41) is 16.0. The predicted octanol–water partition coefficient (Wildman–Crippen LogP) is 7.09. The Labute approximate surface area is 307 Å². The van der Waals surface area contributed by atoms with E-state index < -0.39 is 18.0 Å². The molecule has 272 valence electrons. The van der Waals surface area contributed by atoms with Gasteiger partial charge < -0.3 is 25.2 Å². The summed E-state index contributed by atoms with van der Waals surface area (Å²) in [4.78, 5) is 40.3. The van der Waals surface area contributed by atoms with Crippen LogP contribution in [0.2, 0.25) is 0 Å². The fourth-order valence-electron chi connectivity index (χ4n) is 5.90. The van der Waals surface area contributed by atoms with Crippen molar-refractivity contribution in [1.29, 1.82) is 0 Å². The van der Waals surface area contributed by atoms with Crippen LogP contribution in [0.3, 0.4) is 0 Å². The molecule has 0 aromatic heterocycles. The van der Waals surface area contributed by atoms with Gasteiger partial charge in [-0.05, 0) is 66.5 Å². The van der Waals surface area contributed by atoms with E-state index in [1.54, 1.807) is 12.2 Å². The van der Waals surface area contributed by atoms with Crippen molar-refractivity contribution in [2.75, 3.05) is 13.2 Å². The number of nitrogens with one attached hydrogen (secondary N) is 2. The Morgan fingerprint density at radius 1 is 0.712 bits per heavy atom. The third kappa shape index (κ3) is 13.3. The zero-order valence-electron chi connectivity index (χ0n) is 29.7. The highest BCUT2D eigenvalue weighted by molar-refractivity contribution is 5.86. The van der Waals surface area contributed by atoms with Gasteiger partial charge in [0.05, 0.1) is 30.5 Å². The van der Waals surface area contributed by atoms with Gasteiger partial charge in [-0.15, -0.1) is 13.2 Å². The predicted molar refractivity (Wildman–Crippen MR) is 204 cm³/mol. The number of amides is 2. The average molecular weight is 703 g/mol. The number of benzene rings is 4. The minimum Gasteiger partial charge on any atom is -0.489 e. The van der Waals surface area contributed by atoms with Gasteiger partial charge in [-0.1, -0.05) is 115 Å². The van der Waals surface area contributed by atoms with Crippen molar-refractivity contribution in [3.63, 3.8) is 0 Å². The topological polar surface area (TPSA) is 114 Å². The molecule has 0 fully saturated rings. The molecular weight excluding hydrogens is 652 g/mol. The zero-order valence-corrected chi connectivity index (χ0v) is 29.7. The highest BCUT2D eigenvalue weighted by Gasteiger charge is 2.27. The first kappa shape index (κ1) is 39.3. The maximum atomic E-state index is 13.7. The molecule has 52 heavy (non-hydrogen) atoms. The van der Waals surface area contributed by atoms with Crippen molar-refractivity contribution in [2.24, 2.45) is 11.8 Å². The fraction of sp³-hybridized carbons (Fsp3) is 0.295. The highest BCUT2D eigenvalue weighted by Crippen LogP contribution is 2.21. The van der Waals surface area contributed by atoms with Gasteiger partial charge in [-0.3, -0.25) is 14.4 Å². The molecule has 0 saturated heterocycles. The number of rotatable bonds is 22. The standard InChI is InChI=1S/C44H50N2O6/c1-3-5-20-38(27-33-16-9-6-10-17-33)44(50)52-32-41(36-21-13-8-14-22-36)46-43(49)37(15-4-2)29-42(48)45-39(30-47)28-34-23-25-40(26-24-34)51-31-35-18-11-7-12-19-35/h3-4,6-14,16-19,21-26,37-39,41,47H,1-2,5,15,20,27-32H2,(H,45,48)(H,46,49)/t37-,38+,39-,41+/m0/s1. The lowest BCUT2D eigenvalue weighted by Gasteiger charge is -2.24. The fourth-order valence-corrected chi connectivity index (χ4v) is 5.90. The summed E-state index contributed by atoms with van der Waals surface area (Å²) in [6, 6.07) is 35.4. The molecule has 0 aliphatic rings. The lowest BCUT2D eigenvalue weighted by molar-refractivity contribution is -0.150. The molecule has 0 bridgehead atoms. The molecule has 4 rings (SSSR count). The van der Waals surface area contributed by atoms with Crippen molar-refractivity contribution in [1.82, 2.24) is 10.6 Å². The minimum atomic E-state index is -0.724. The monoisotopic (exact) mass is 702 g/mol. The van der Waals surface area contributed by atoms with E-state index >= 15 is 0 Å². The van der Waals surface area contributed by atoms with E-state index in [-0.39, 0.29) is 49.8 Å². The van der Waals surface area contributed by atoms with Crippen molar-refractivity contribution in [2.45, 2.75) is 57.2 Å². The third-order valence-electron chi connectivity index (χ3n) is 8.78. The summed E-state index contributed by atoms with van der Waals surface area (Å²) in [6.07, 6.45) is 5.75. The van der Waals surface area contributed by atoms with Crippen LogP contribution in [0.5, 0.6) is 5.75 Å². The van der Waals surface area contributed by atoms with Gasteiger partial charge in [-0.25, -0.2) is 0 Å². The Kier molecular flexibility index (Phi) is 16.4. The number of hydrogen-bond acceptors (Lipinski definition) is 6. The number of carbonyl (C=O) groups excluding carboxylic acids is 3. The van der Waals surface area contributed by atoms with E-state index in [2.05, 4.69) is 23.8 Å². The molecule has 4 aromatic rings. The van der Waals surface area contributed by atoms with E-state index in [0.717, 1.165) is 28.0 Å². The smallest absolute Gasteiger partial charge is 0.309 e. The Morgan fingerprint density at radius 2 is 1.33 bits per heavy atom. The van der Waals surface area contributed by atoms with Crippen LogP contribution in [-0.2, 0) is 38.6 Å². The summed E-state index contributed by atoms with van der Waals surface area (Å²) in [5.41, 5.74) is 3.80. The number of aliphatic hydroxyl groups excluding tert-OH is 1. The molecule has 8 nitrogen and oxygen atoms in total. The van der Waals surface area contributed by atoms with E-state index in [9.17, 15) is 19.5 Å². The maximum Gasteiger partial charge on any atom is 0.309 e. The normalized spacial score (nSPS) is 13.1. The van der Waals surface area contributed by atoms with Crippen molar-refractivity contribution < 1.29 is 29.0 Å². The molecule has 0 spiro atoms. The molecule has 0 aliphatic carbocycles. The van der Waals surface area contributed by atoms with Crippen LogP contribution < -0.4 is 15.4 Å². The van der Waals surface area contributed by atoms with Crippen LogP contribution in [0.1, 0.15) is 54.0 Å². The number of hydrogen-bond donors (Lipinski definition) is 3. The Hall–Kier alpha value is -5.47. The van der Waals surface area contributed by atoms with Gasteiger partial charge >= 0.3 is 5.97 Å². The summed E-state index contributed by atoms with van der Waals surface area (Å²) in [6.45, 7) is 7.72. The van der Waals surface area contributed by atoms with Crippen molar-refractivity contribution in [3.8, 4) is 5.75 Å². The zero-order chi connectivity index (χ0) is 37.0. The summed E-state index contributed by atoms with van der Waals surface area (Å²) in [5.74, 6) is -1.43. The van der Waals surface area contributed by atoms with E-state index in [1.807, 2.05) is 115 Å². The molecular formula is C44H50N2O6. The van der Waals surface area contributed by atoms with Crippen LogP contribution in [0.4, 0.5) is 0 Å². The van der Waals surface area contributed by atoms with Crippen molar-refractivity contribution in [3.05, 3.63) is 163 Å². The second-order valence-corrected chi connectivity index (χ2v) is 12.8. The number of aliphatic hydroxyl groups is 1.